The molecule has 0 bridgehead atoms. The van der Waals surface area contributed by atoms with E-state index in [1.54, 1.807) is 0 Å². The summed E-state index contributed by atoms with van der Waals surface area (Å²) in [7, 11) is 1.52. The molecule has 0 spiro atoms. The molecule has 0 aromatic heterocycles. The second-order valence-electron chi connectivity index (χ2n) is 6.93. The molecule has 0 heterocycles. The minimum absolute atomic E-state index is 0.0205. The van der Waals surface area contributed by atoms with Gasteiger partial charge >= 0.3 is 5.97 Å². The standard InChI is InChI=1S/C18H24O2/c1-17-11-6-12-18(2,16(19)20-3)15(17)10-9-13-7-4-5-8-14(13)17/h4-5,7-8,15H,6,9-12H2,1-3H3/t15?,17-,18+/m0/s1. The lowest BCUT2D eigenvalue weighted by Crippen LogP contribution is -2.52. The molecular formula is C18H24O2. The van der Waals surface area contributed by atoms with Crippen molar-refractivity contribution in [3.63, 3.8) is 0 Å². The lowest BCUT2D eigenvalue weighted by molar-refractivity contribution is -0.161. The highest BCUT2D eigenvalue weighted by Gasteiger charge is 2.55. The molecular weight excluding hydrogens is 248 g/mol. The fourth-order valence-electron chi connectivity index (χ4n) is 4.91. The van der Waals surface area contributed by atoms with E-state index in [2.05, 4.69) is 38.1 Å². The lowest BCUT2D eigenvalue weighted by Gasteiger charge is -2.54. The van der Waals surface area contributed by atoms with Crippen LogP contribution in [-0.4, -0.2) is 13.1 Å². The maximum Gasteiger partial charge on any atom is 0.311 e. The van der Waals surface area contributed by atoms with Crippen LogP contribution >= 0.6 is 0 Å². The Kier molecular flexibility index (Phi) is 3.15. The highest BCUT2D eigenvalue weighted by molar-refractivity contribution is 5.77. The van der Waals surface area contributed by atoms with Crippen LogP contribution in [0.5, 0.6) is 0 Å². The summed E-state index contributed by atoms with van der Waals surface area (Å²) in [6.45, 7) is 4.48. The molecule has 2 heteroatoms. The van der Waals surface area contributed by atoms with Crippen molar-refractivity contribution in [2.75, 3.05) is 7.11 Å². The molecule has 3 rings (SSSR count). The fourth-order valence-corrected chi connectivity index (χ4v) is 4.91. The summed E-state index contributed by atoms with van der Waals surface area (Å²) in [4.78, 5) is 12.4. The van der Waals surface area contributed by atoms with Crippen LogP contribution in [0.15, 0.2) is 24.3 Å². The van der Waals surface area contributed by atoms with Gasteiger partial charge in [0, 0.05) is 0 Å². The Morgan fingerprint density at radius 1 is 1.25 bits per heavy atom. The van der Waals surface area contributed by atoms with E-state index in [9.17, 15) is 4.79 Å². The molecule has 108 valence electrons. The molecule has 0 saturated heterocycles. The molecule has 1 unspecified atom stereocenters. The van der Waals surface area contributed by atoms with Crippen molar-refractivity contribution >= 4 is 5.97 Å². The lowest BCUT2D eigenvalue weighted by atomic mass is 9.50. The van der Waals surface area contributed by atoms with E-state index in [0.717, 1.165) is 25.7 Å². The molecule has 0 radical (unpaired) electrons. The van der Waals surface area contributed by atoms with Crippen LogP contribution < -0.4 is 0 Å². The monoisotopic (exact) mass is 272 g/mol. The van der Waals surface area contributed by atoms with Gasteiger partial charge in [0.1, 0.15) is 0 Å². The van der Waals surface area contributed by atoms with E-state index < -0.39 is 0 Å². The summed E-state index contributed by atoms with van der Waals surface area (Å²) in [6, 6.07) is 8.78. The Hall–Kier alpha value is -1.31. The molecule has 20 heavy (non-hydrogen) atoms. The van der Waals surface area contributed by atoms with Crippen molar-refractivity contribution in [1.29, 1.82) is 0 Å². The number of aryl methyl sites for hydroxylation is 1. The molecule has 1 aromatic rings. The van der Waals surface area contributed by atoms with Gasteiger partial charge in [-0.2, -0.15) is 0 Å². The predicted octanol–water partition coefficient (Wildman–Crippen LogP) is 3.87. The number of hydrogen-bond acceptors (Lipinski definition) is 2. The van der Waals surface area contributed by atoms with Gasteiger partial charge in [0.2, 0.25) is 0 Å². The van der Waals surface area contributed by atoms with Gasteiger partial charge in [-0.1, -0.05) is 37.6 Å². The van der Waals surface area contributed by atoms with Crippen LogP contribution in [0.4, 0.5) is 0 Å². The quantitative estimate of drug-likeness (QED) is 0.725. The maximum absolute atomic E-state index is 12.4. The van der Waals surface area contributed by atoms with Crippen molar-refractivity contribution in [2.45, 2.75) is 51.4 Å². The van der Waals surface area contributed by atoms with Gasteiger partial charge < -0.3 is 4.74 Å². The minimum Gasteiger partial charge on any atom is -0.469 e. The fraction of sp³-hybridized carbons (Fsp3) is 0.611. The number of esters is 1. The maximum atomic E-state index is 12.4. The number of hydrogen-bond donors (Lipinski definition) is 0. The molecule has 0 amide bonds. The van der Waals surface area contributed by atoms with E-state index in [-0.39, 0.29) is 16.8 Å². The third-order valence-electron chi connectivity index (χ3n) is 5.92. The van der Waals surface area contributed by atoms with Gasteiger partial charge in [-0.25, -0.2) is 0 Å². The van der Waals surface area contributed by atoms with Gasteiger partial charge in [0.25, 0.3) is 0 Å². The first kappa shape index (κ1) is 13.7. The number of rotatable bonds is 1. The summed E-state index contributed by atoms with van der Waals surface area (Å²) in [6.07, 6.45) is 5.43. The molecule has 2 aliphatic carbocycles. The van der Waals surface area contributed by atoms with E-state index >= 15 is 0 Å². The summed E-state index contributed by atoms with van der Waals surface area (Å²) in [5.74, 6) is 0.374. The Bertz CT molecular complexity index is 536. The third kappa shape index (κ3) is 1.73. The molecule has 1 aromatic carbocycles. The number of methoxy groups -OCH3 is 1. The zero-order valence-corrected chi connectivity index (χ0v) is 12.7. The summed E-state index contributed by atoms with van der Waals surface area (Å²) >= 11 is 0. The van der Waals surface area contributed by atoms with E-state index in [0.29, 0.717) is 5.92 Å². The average Bonchev–Trinajstić information content (AvgIpc) is 2.46. The summed E-state index contributed by atoms with van der Waals surface area (Å²) in [5.41, 5.74) is 2.73. The van der Waals surface area contributed by atoms with Crippen LogP contribution in [0.2, 0.25) is 0 Å². The zero-order chi connectivity index (χ0) is 14.4. The molecule has 3 atom stereocenters. The molecule has 1 fully saturated rings. The van der Waals surface area contributed by atoms with Crippen molar-refractivity contribution in [2.24, 2.45) is 11.3 Å². The molecule has 0 N–H and O–H groups in total. The zero-order valence-electron chi connectivity index (χ0n) is 12.7. The Morgan fingerprint density at radius 2 is 2.00 bits per heavy atom. The molecule has 1 saturated carbocycles. The second-order valence-corrected chi connectivity index (χ2v) is 6.93. The van der Waals surface area contributed by atoms with Crippen LogP contribution in [0.25, 0.3) is 0 Å². The van der Waals surface area contributed by atoms with Crippen LogP contribution in [0.1, 0.15) is 50.7 Å². The van der Waals surface area contributed by atoms with Crippen LogP contribution in [-0.2, 0) is 21.4 Å². The second kappa shape index (κ2) is 4.61. The Morgan fingerprint density at radius 3 is 2.75 bits per heavy atom. The SMILES string of the molecule is COC(=O)[C@]1(C)CCC[C@@]2(C)c3ccccc3CCC12. The van der Waals surface area contributed by atoms with Crippen LogP contribution in [0.3, 0.4) is 0 Å². The van der Waals surface area contributed by atoms with Crippen molar-refractivity contribution in [3.05, 3.63) is 35.4 Å². The van der Waals surface area contributed by atoms with Gasteiger partial charge in [0.15, 0.2) is 0 Å². The van der Waals surface area contributed by atoms with Crippen molar-refractivity contribution < 1.29 is 9.53 Å². The Labute approximate surface area is 121 Å². The third-order valence-corrected chi connectivity index (χ3v) is 5.92. The van der Waals surface area contributed by atoms with Crippen molar-refractivity contribution in [3.8, 4) is 0 Å². The number of benzene rings is 1. The Balaban J connectivity index is 2.08. The first-order valence-electron chi connectivity index (χ1n) is 7.69. The number of carbonyl (C=O) groups excluding carboxylic acids is 1. The van der Waals surface area contributed by atoms with Gasteiger partial charge in [-0.05, 0) is 55.1 Å². The number of carbonyl (C=O) groups is 1. The highest BCUT2D eigenvalue weighted by atomic mass is 16.5. The van der Waals surface area contributed by atoms with Crippen molar-refractivity contribution in [1.82, 2.24) is 0 Å². The first-order valence-corrected chi connectivity index (χ1v) is 7.69. The topological polar surface area (TPSA) is 26.3 Å². The van der Waals surface area contributed by atoms with E-state index in [1.165, 1.54) is 24.7 Å². The molecule has 2 aliphatic rings. The summed E-state index contributed by atoms with van der Waals surface area (Å²) in [5, 5.41) is 0. The van der Waals surface area contributed by atoms with E-state index in [4.69, 9.17) is 4.74 Å². The minimum atomic E-state index is -0.324. The highest BCUT2D eigenvalue weighted by Crippen LogP contribution is 2.57. The van der Waals surface area contributed by atoms with Crippen LogP contribution in [0, 0.1) is 11.3 Å². The first-order chi connectivity index (χ1) is 9.52. The van der Waals surface area contributed by atoms with Gasteiger partial charge in [-0.15, -0.1) is 0 Å². The average molecular weight is 272 g/mol. The smallest absolute Gasteiger partial charge is 0.311 e. The van der Waals surface area contributed by atoms with Gasteiger partial charge in [0.05, 0.1) is 12.5 Å². The predicted molar refractivity (Wildman–Crippen MR) is 79.6 cm³/mol. The molecule has 2 nitrogen and oxygen atoms in total. The number of ether oxygens (including phenoxy) is 1. The largest absolute Gasteiger partial charge is 0.469 e. The van der Waals surface area contributed by atoms with E-state index in [1.807, 2.05) is 0 Å². The summed E-state index contributed by atoms with van der Waals surface area (Å²) < 4.78 is 5.14. The van der Waals surface area contributed by atoms with Gasteiger partial charge in [-0.3, -0.25) is 4.79 Å². The normalized spacial score (nSPS) is 35.9. The number of fused-ring (bicyclic) bond motifs is 3. The molecule has 0 aliphatic heterocycles.